The Morgan fingerprint density at radius 3 is 2.19 bits per heavy atom. The van der Waals surface area contributed by atoms with Gasteiger partial charge in [0.15, 0.2) is 0 Å². The quantitative estimate of drug-likeness (QED) is 0.468. The van der Waals surface area contributed by atoms with Crippen molar-refractivity contribution in [2.45, 2.75) is 32.6 Å². The molecular formula is C23H21NO2. The summed E-state index contributed by atoms with van der Waals surface area (Å²) in [5.41, 5.74) is 11.0. The number of ether oxygens (including phenoxy) is 1. The van der Waals surface area contributed by atoms with E-state index >= 15 is 0 Å². The number of aryl methyl sites for hydroxylation is 2. The first-order chi connectivity index (χ1) is 12.6. The van der Waals surface area contributed by atoms with E-state index in [0.29, 0.717) is 12.3 Å². The van der Waals surface area contributed by atoms with E-state index in [9.17, 15) is 4.79 Å². The van der Waals surface area contributed by atoms with Crippen LogP contribution in [0.2, 0.25) is 0 Å². The Balaban J connectivity index is 1.84. The molecule has 3 heteroatoms. The molecule has 3 aliphatic carbocycles. The minimum absolute atomic E-state index is 0.0896. The van der Waals surface area contributed by atoms with Gasteiger partial charge >= 0.3 is 5.97 Å². The van der Waals surface area contributed by atoms with Crippen LogP contribution in [0.1, 0.15) is 73.8 Å². The van der Waals surface area contributed by atoms with Gasteiger partial charge in [0.2, 0.25) is 0 Å². The zero-order valence-corrected chi connectivity index (χ0v) is 15.2. The Labute approximate surface area is 153 Å². The second-order valence-corrected chi connectivity index (χ2v) is 7.27. The first-order valence-corrected chi connectivity index (χ1v) is 9.20. The molecule has 1 heterocycles. The molecule has 0 aliphatic heterocycles. The highest BCUT2D eigenvalue weighted by molar-refractivity contribution is 5.92. The molecule has 0 amide bonds. The van der Waals surface area contributed by atoms with Gasteiger partial charge in [-0.3, -0.25) is 0 Å². The van der Waals surface area contributed by atoms with Crippen molar-refractivity contribution in [2.75, 3.05) is 6.61 Å². The lowest BCUT2D eigenvalue weighted by Gasteiger charge is -2.42. The molecule has 0 unspecified atom stereocenters. The van der Waals surface area contributed by atoms with Crippen molar-refractivity contribution in [3.63, 3.8) is 0 Å². The van der Waals surface area contributed by atoms with Crippen LogP contribution in [0.25, 0.3) is 0 Å². The second-order valence-electron chi connectivity index (χ2n) is 7.27. The third-order valence-electron chi connectivity index (χ3n) is 5.95. The van der Waals surface area contributed by atoms with Crippen molar-refractivity contribution in [1.29, 1.82) is 0 Å². The van der Waals surface area contributed by atoms with Crippen molar-refractivity contribution in [3.05, 3.63) is 92.8 Å². The maximum absolute atomic E-state index is 12.6. The fourth-order valence-corrected chi connectivity index (χ4v) is 5.00. The summed E-state index contributed by atoms with van der Waals surface area (Å²) in [6.45, 7) is 6.59. The summed E-state index contributed by atoms with van der Waals surface area (Å²) in [4.78, 5) is 15.8. The van der Waals surface area contributed by atoms with Crippen LogP contribution in [0, 0.1) is 13.8 Å². The van der Waals surface area contributed by atoms with Gasteiger partial charge in [-0.25, -0.2) is 4.79 Å². The first-order valence-electron chi connectivity index (χ1n) is 9.20. The molecule has 0 fully saturated rings. The Bertz CT molecular complexity index is 1060. The molecule has 0 saturated heterocycles. The van der Waals surface area contributed by atoms with Crippen molar-refractivity contribution < 1.29 is 9.53 Å². The van der Waals surface area contributed by atoms with Gasteiger partial charge in [0.25, 0.3) is 0 Å². The van der Waals surface area contributed by atoms with Crippen molar-refractivity contribution in [3.8, 4) is 0 Å². The van der Waals surface area contributed by atoms with E-state index in [1.165, 1.54) is 38.9 Å². The highest BCUT2D eigenvalue weighted by Gasteiger charge is 2.45. The fourth-order valence-electron chi connectivity index (χ4n) is 5.00. The number of aromatic nitrogens is 1. The average Bonchev–Trinajstić information content (AvgIpc) is 3.08. The number of benzene rings is 2. The van der Waals surface area contributed by atoms with Crippen LogP contribution >= 0.6 is 0 Å². The van der Waals surface area contributed by atoms with Gasteiger partial charge in [-0.05, 0) is 59.7 Å². The summed E-state index contributed by atoms with van der Waals surface area (Å²) in [5.74, 6) is 0.0120. The van der Waals surface area contributed by atoms with Gasteiger partial charge < -0.3 is 9.72 Å². The molecule has 3 aliphatic rings. The van der Waals surface area contributed by atoms with Gasteiger partial charge in [0.1, 0.15) is 5.69 Å². The number of nitrogens with one attached hydrogen (secondary N) is 1. The lowest BCUT2D eigenvalue weighted by Crippen LogP contribution is -2.29. The fraction of sp³-hybridized carbons (Fsp3) is 0.261. The topological polar surface area (TPSA) is 42.1 Å². The van der Waals surface area contributed by atoms with E-state index in [-0.39, 0.29) is 17.8 Å². The molecule has 0 radical (unpaired) electrons. The van der Waals surface area contributed by atoms with Gasteiger partial charge in [-0.2, -0.15) is 0 Å². The molecular weight excluding hydrogens is 322 g/mol. The zero-order chi connectivity index (χ0) is 18.0. The van der Waals surface area contributed by atoms with Crippen LogP contribution in [-0.4, -0.2) is 17.6 Å². The standard InChI is InChI=1S/C23H21NO2/c1-4-26-23(25)22-21-16(11-24-22)19-14-9-5-8-13(3)18(14)20(21)15-10-6-7-12(2)17(15)19/h5-11,19-20,24H,4H2,1-3H3/t19-,20+/m1/s1. The molecule has 0 saturated carbocycles. The number of esters is 1. The molecule has 26 heavy (non-hydrogen) atoms. The van der Waals surface area contributed by atoms with Crippen LogP contribution in [-0.2, 0) is 4.74 Å². The Morgan fingerprint density at radius 2 is 1.54 bits per heavy atom. The van der Waals surface area contributed by atoms with Crippen molar-refractivity contribution in [1.82, 2.24) is 4.98 Å². The van der Waals surface area contributed by atoms with Gasteiger partial charge in [0.05, 0.1) is 6.61 Å². The van der Waals surface area contributed by atoms with Crippen LogP contribution in [0.15, 0.2) is 42.6 Å². The third kappa shape index (κ3) is 1.80. The molecule has 3 aromatic rings. The SMILES string of the molecule is CCOC(=O)c1[nH]cc2c1[C@H]1c3cccc(C)c3[C@@H]2c2cccc(C)c21. The van der Waals surface area contributed by atoms with E-state index in [0.717, 1.165) is 5.56 Å². The molecule has 0 spiro atoms. The van der Waals surface area contributed by atoms with Gasteiger partial charge in [-0.1, -0.05) is 36.4 Å². The molecule has 2 atom stereocenters. The van der Waals surface area contributed by atoms with Crippen LogP contribution in [0.4, 0.5) is 0 Å². The number of hydrogen-bond donors (Lipinski definition) is 1. The van der Waals surface area contributed by atoms with Gasteiger partial charge in [-0.15, -0.1) is 0 Å². The summed E-state index contributed by atoms with van der Waals surface area (Å²) < 4.78 is 5.32. The predicted molar refractivity (Wildman–Crippen MR) is 101 cm³/mol. The Hall–Kier alpha value is -2.81. The summed E-state index contributed by atoms with van der Waals surface area (Å²) in [5, 5.41) is 0. The smallest absolute Gasteiger partial charge is 0.355 e. The molecule has 2 bridgehead atoms. The van der Waals surface area contributed by atoms with E-state index in [2.05, 4.69) is 55.2 Å². The van der Waals surface area contributed by atoms with E-state index in [1.54, 1.807) is 0 Å². The van der Waals surface area contributed by atoms with E-state index in [4.69, 9.17) is 4.74 Å². The normalized spacial score (nSPS) is 18.9. The third-order valence-corrected chi connectivity index (χ3v) is 5.95. The maximum atomic E-state index is 12.6. The highest BCUT2D eigenvalue weighted by Crippen LogP contribution is 2.58. The minimum atomic E-state index is -0.259. The largest absolute Gasteiger partial charge is 0.461 e. The van der Waals surface area contributed by atoms with E-state index < -0.39 is 0 Å². The molecule has 1 aromatic heterocycles. The summed E-state index contributed by atoms with van der Waals surface area (Å²) in [7, 11) is 0. The number of carbonyl (C=O) groups is 1. The summed E-state index contributed by atoms with van der Waals surface area (Å²) in [6, 6.07) is 13.1. The predicted octanol–water partition coefficient (Wildman–Crippen LogP) is 4.80. The lowest BCUT2D eigenvalue weighted by molar-refractivity contribution is 0.0518. The van der Waals surface area contributed by atoms with Gasteiger partial charge in [0, 0.05) is 23.6 Å². The van der Waals surface area contributed by atoms with Crippen molar-refractivity contribution in [2.24, 2.45) is 0 Å². The molecule has 1 N–H and O–H groups in total. The first kappa shape index (κ1) is 15.4. The number of hydrogen-bond acceptors (Lipinski definition) is 2. The molecule has 6 rings (SSSR count). The maximum Gasteiger partial charge on any atom is 0.355 e. The van der Waals surface area contributed by atoms with Crippen LogP contribution in [0.3, 0.4) is 0 Å². The lowest BCUT2D eigenvalue weighted by atomic mass is 9.60. The average molecular weight is 343 g/mol. The number of carbonyl (C=O) groups excluding carboxylic acids is 1. The number of aromatic amines is 1. The number of H-pyrrole nitrogens is 1. The summed E-state index contributed by atoms with van der Waals surface area (Å²) >= 11 is 0. The monoisotopic (exact) mass is 343 g/mol. The molecule has 2 aromatic carbocycles. The zero-order valence-electron chi connectivity index (χ0n) is 15.2. The Kier molecular flexibility index (Phi) is 3.17. The second kappa shape index (κ2) is 5.34. The van der Waals surface area contributed by atoms with Crippen LogP contribution < -0.4 is 0 Å². The number of rotatable bonds is 2. The highest BCUT2D eigenvalue weighted by atomic mass is 16.5. The Morgan fingerprint density at radius 1 is 0.923 bits per heavy atom. The van der Waals surface area contributed by atoms with Crippen LogP contribution in [0.5, 0.6) is 0 Å². The molecule has 3 nitrogen and oxygen atoms in total. The summed E-state index contributed by atoms with van der Waals surface area (Å²) in [6.07, 6.45) is 2.01. The van der Waals surface area contributed by atoms with Crippen molar-refractivity contribution >= 4 is 5.97 Å². The minimum Gasteiger partial charge on any atom is -0.461 e. The molecule has 130 valence electrons. The van der Waals surface area contributed by atoms with E-state index in [1.807, 2.05) is 13.1 Å².